The minimum atomic E-state index is -0.899. The van der Waals surface area contributed by atoms with Gasteiger partial charge in [-0.25, -0.2) is 0 Å². The van der Waals surface area contributed by atoms with Gasteiger partial charge in [-0.3, -0.25) is 14.4 Å². The van der Waals surface area contributed by atoms with Crippen molar-refractivity contribution in [2.45, 2.75) is 25.7 Å². The molecule has 1 unspecified atom stereocenters. The first-order valence-electron chi connectivity index (χ1n) is 11.4. The Morgan fingerprint density at radius 2 is 1.19 bits per heavy atom. The van der Waals surface area contributed by atoms with Gasteiger partial charge in [0.05, 0.1) is 18.9 Å². The molecule has 6 nitrogen and oxygen atoms in total. The topological polar surface area (TPSA) is 101 Å². The van der Waals surface area contributed by atoms with Gasteiger partial charge in [0.2, 0.25) is 0 Å². The molecule has 0 heterocycles. The lowest BCUT2D eigenvalue weighted by molar-refractivity contribution is -0.139. The van der Waals surface area contributed by atoms with Crippen molar-refractivity contribution in [3.63, 3.8) is 0 Å². The highest BCUT2D eigenvalue weighted by Gasteiger charge is 2.16. The molecule has 0 radical (unpaired) electrons. The Hall–Kier alpha value is -4.45. The van der Waals surface area contributed by atoms with Crippen LogP contribution in [0, 0.1) is 0 Å². The molecule has 4 aromatic rings. The molecular weight excluding hydrogens is 456 g/mol. The Labute approximate surface area is 209 Å². The molecule has 4 aromatic carbocycles. The second-order valence-corrected chi connectivity index (χ2v) is 8.41. The fourth-order valence-electron chi connectivity index (χ4n) is 3.63. The van der Waals surface area contributed by atoms with Crippen LogP contribution in [0.3, 0.4) is 0 Å². The summed E-state index contributed by atoms with van der Waals surface area (Å²) in [6.07, 6.45) is 0. The van der Waals surface area contributed by atoms with Crippen LogP contribution < -0.4 is 4.74 Å². The molecule has 36 heavy (non-hydrogen) atoms. The third kappa shape index (κ3) is 6.36. The lowest BCUT2D eigenvalue weighted by atomic mass is 9.96. The molecule has 0 aliphatic heterocycles. The van der Waals surface area contributed by atoms with Gasteiger partial charge in [0.15, 0.2) is 5.78 Å². The van der Waals surface area contributed by atoms with E-state index in [0.29, 0.717) is 16.7 Å². The summed E-state index contributed by atoms with van der Waals surface area (Å²) in [6.45, 7) is 3.29. The predicted octanol–water partition coefficient (Wildman–Crippen LogP) is 6.14. The van der Waals surface area contributed by atoms with E-state index < -0.39 is 23.8 Å². The molecule has 6 heteroatoms. The van der Waals surface area contributed by atoms with Crippen molar-refractivity contribution in [1.29, 1.82) is 0 Å². The number of carboxylic acids is 2. The minimum Gasteiger partial charge on any atom is -0.497 e. The normalized spacial score (nSPS) is 12.1. The third-order valence-electron chi connectivity index (χ3n) is 6.00. The van der Waals surface area contributed by atoms with Crippen LogP contribution in [0.5, 0.6) is 5.75 Å². The van der Waals surface area contributed by atoms with E-state index >= 15 is 0 Å². The Kier molecular flexibility index (Phi) is 8.57. The van der Waals surface area contributed by atoms with Gasteiger partial charge in [-0.2, -0.15) is 0 Å². The molecule has 0 spiro atoms. The summed E-state index contributed by atoms with van der Waals surface area (Å²) in [4.78, 5) is 34.1. The van der Waals surface area contributed by atoms with E-state index in [2.05, 4.69) is 0 Å². The second kappa shape index (κ2) is 11.8. The van der Waals surface area contributed by atoms with E-state index in [-0.39, 0.29) is 5.78 Å². The zero-order chi connectivity index (χ0) is 26.2. The predicted molar refractivity (Wildman–Crippen MR) is 139 cm³/mol. The van der Waals surface area contributed by atoms with Crippen molar-refractivity contribution < 1.29 is 29.3 Å². The number of hydrogen-bond acceptors (Lipinski definition) is 4. The van der Waals surface area contributed by atoms with Crippen molar-refractivity contribution in [2.75, 3.05) is 7.11 Å². The zero-order valence-corrected chi connectivity index (χ0v) is 20.3. The molecule has 0 saturated heterocycles. The van der Waals surface area contributed by atoms with E-state index in [1.54, 1.807) is 69.5 Å². The highest BCUT2D eigenvalue weighted by molar-refractivity contribution is 6.09. The van der Waals surface area contributed by atoms with E-state index in [9.17, 15) is 14.4 Å². The van der Waals surface area contributed by atoms with Crippen LogP contribution in [-0.4, -0.2) is 35.0 Å². The van der Waals surface area contributed by atoms with Crippen LogP contribution in [-0.2, 0) is 9.59 Å². The number of benzene rings is 4. The monoisotopic (exact) mass is 484 g/mol. The van der Waals surface area contributed by atoms with Crippen molar-refractivity contribution >= 4 is 28.5 Å². The lowest BCUT2D eigenvalue weighted by Crippen LogP contribution is -2.09. The Morgan fingerprint density at radius 3 is 1.81 bits per heavy atom. The highest BCUT2D eigenvalue weighted by Crippen LogP contribution is 2.25. The first-order chi connectivity index (χ1) is 17.2. The summed E-state index contributed by atoms with van der Waals surface area (Å²) in [5.41, 5.74) is 2.56. The number of ketones is 1. The molecule has 0 aromatic heterocycles. The molecule has 2 atom stereocenters. The van der Waals surface area contributed by atoms with E-state index in [1.165, 1.54) is 0 Å². The molecule has 184 valence electrons. The standard InChI is InChI=1S/C16H14O3.C14H14O3/c1-11(16(18)19)13-8-5-9-14(10-13)15(17)12-6-3-2-4-7-12;1-9(14(15)16)10-3-4-12-8-13(17-2)6-5-11(12)7-10/h2-11H,1H3,(H,18,19);3-9H,1-2H3,(H,15,16)/t;9-/m.0/s1. The van der Waals surface area contributed by atoms with Gasteiger partial charge in [-0.1, -0.05) is 72.8 Å². The van der Waals surface area contributed by atoms with Gasteiger partial charge in [0.1, 0.15) is 5.75 Å². The average molecular weight is 485 g/mol. The first kappa shape index (κ1) is 26.2. The largest absolute Gasteiger partial charge is 0.497 e. The number of carbonyl (C=O) groups is 3. The summed E-state index contributed by atoms with van der Waals surface area (Å²) >= 11 is 0. The number of fused-ring (bicyclic) bond motifs is 1. The number of methoxy groups -OCH3 is 1. The molecule has 4 rings (SSSR count). The van der Waals surface area contributed by atoms with Crippen LogP contribution in [0.15, 0.2) is 91.0 Å². The maximum atomic E-state index is 12.2. The maximum Gasteiger partial charge on any atom is 0.310 e. The third-order valence-corrected chi connectivity index (χ3v) is 6.00. The van der Waals surface area contributed by atoms with Crippen molar-refractivity contribution in [3.05, 3.63) is 113 Å². The number of ether oxygens (including phenoxy) is 1. The summed E-state index contributed by atoms with van der Waals surface area (Å²) in [5, 5.41) is 20.0. The molecule has 0 aliphatic carbocycles. The van der Waals surface area contributed by atoms with Gasteiger partial charge in [0, 0.05) is 11.1 Å². The minimum absolute atomic E-state index is 0.0972. The fourth-order valence-corrected chi connectivity index (χ4v) is 3.63. The van der Waals surface area contributed by atoms with Gasteiger partial charge < -0.3 is 14.9 Å². The van der Waals surface area contributed by atoms with Crippen LogP contribution in [0.25, 0.3) is 10.8 Å². The van der Waals surface area contributed by atoms with Crippen LogP contribution in [0.1, 0.15) is 52.7 Å². The fraction of sp³-hybridized carbons (Fsp3) is 0.167. The lowest BCUT2D eigenvalue weighted by Gasteiger charge is -2.08. The van der Waals surface area contributed by atoms with Crippen molar-refractivity contribution in [1.82, 2.24) is 0 Å². The maximum absolute atomic E-state index is 12.2. The number of rotatable bonds is 7. The first-order valence-corrected chi connectivity index (χ1v) is 11.4. The number of carbonyl (C=O) groups excluding carboxylic acids is 1. The van der Waals surface area contributed by atoms with Crippen molar-refractivity contribution in [2.24, 2.45) is 0 Å². The van der Waals surface area contributed by atoms with Gasteiger partial charge in [0.25, 0.3) is 0 Å². The van der Waals surface area contributed by atoms with Crippen LogP contribution in [0.2, 0.25) is 0 Å². The summed E-state index contributed by atoms with van der Waals surface area (Å²) in [5.74, 6) is -2.11. The molecule has 0 bridgehead atoms. The molecule has 2 N–H and O–H groups in total. The van der Waals surface area contributed by atoms with Crippen LogP contribution >= 0.6 is 0 Å². The summed E-state index contributed by atoms with van der Waals surface area (Å²) in [6, 6.07) is 27.2. The number of carboxylic acid groups (broad SMARTS) is 2. The van der Waals surface area contributed by atoms with E-state index in [1.807, 2.05) is 42.5 Å². The second-order valence-electron chi connectivity index (χ2n) is 8.41. The zero-order valence-electron chi connectivity index (χ0n) is 20.3. The Balaban J connectivity index is 0.000000202. The Morgan fingerprint density at radius 1 is 0.639 bits per heavy atom. The molecule has 0 saturated carbocycles. The number of hydrogen-bond donors (Lipinski definition) is 2. The van der Waals surface area contributed by atoms with E-state index in [4.69, 9.17) is 14.9 Å². The van der Waals surface area contributed by atoms with Gasteiger partial charge in [-0.05, 0) is 53.9 Å². The molecule has 0 fully saturated rings. The van der Waals surface area contributed by atoms with Gasteiger partial charge >= 0.3 is 11.9 Å². The molecule has 0 aliphatic rings. The van der Waals surface area contributed by atoms with Crippen LogP contribution in [0.4, 0.5) is 0 Å². The highest BCUT2D eigenvalue weighted by atomic mass is 16.5. The van der Waals surface area contributed by atoms with Crippen molar-refractivity contribution in [3.8, 4) is 5.75 Å². The van der Waals surface area contributed by atoms with E-state index in [0.717, 1.165) is 22.1 Å². The number of aliphatic carboxylic acids is 2. The quantitative estimate of drug-likeness (QED) is 0.306. The Bertz CT molecular complexity index is 1380. The smallest absolute Gasteiger partial charge is 0.310 e. The molecular formula is C30H28O6. The summed E-state index contributed by atoms with van der Waals surface area (Å²) < 4.78 is 5.14. The SMILES string of the molecule is CC(C(=O)O)c1cccc(C(=O)c2ccccc2)c1.COc1ccc2cc([C@H](C)C(=O)O)ccc2c1. The molecule has 0 amide bonds. The average Bonchev–Trinajstić information content (AvgIpc) is 2.91. The summed E-state index contributed by atoms with van der Waals surface area (Å²) in [7, 11) is 1.63. The van der Waals surface area contributed by atoms with Gasteiger partial charge in [-0.15, -0.1) is 0 Å².